The summed E-state index contributed by atoms with van der Waals surface area (Å²) in [6.45, 7) is 4.65. The molecule has 0 aromatic heterocycles. The van der Waals surface area contributed by atoms with Crippen LogP contribution in [-0.2, 0) is 4.79 Å². The van der Waals surface area contributed by atoms with Crippen LogP contribution in [0.5, 0.6) is 0 Å². The number of carbonyl (C=O) groups is 1. The van der Waals surface area contributed by atoms with Gasteiger partial charge in [0.15, 0.2) is 5.78 Å². The van der Waals surface area contributed by atoms with Gasteiger partial charge in [0.1, 0.15) is 6.10 Å². The number of ketones is 1. The van der Waals surface area contributed by atoms with Crippen molar-refractivity contribution in [3.63, 3.8) is 0 Å². The number of likely N-dealkylation sites (N-methyl/N-ethyl adjacent to an activating group) is 1. The van der Waals surface area contributed by atoms with Gasteiger partial charge < -0.3 is 10.0 Å². The molecule has 0 fully saturated rings. The fraction of sp³-hybridized carbons (Fsp3) is 0.625. The number of rotatable bonds is 1. The van der Waals surface area contributed by atoms with Crippen LogP contribution in [0.4, 0.5) is 0 Å². The molecule has 0 saturated carbocycles. The predicted octanol–water partition coefficient (Wildman–Crippen LogP) is 0.154. The van der Waals surface area contributed by atoms with E-state index in [2.05, 4.69) is 0 Å². The lowest BCUT2D eigenvalue weighted by molar-refractivity contribution is -0.126. The zero-order chi connectivity index (χ0) is 8.43. The van der Waals surface area contributed by atoms with Crippen molar-refractivity contribution >= 4 is 5.78 Å². The second kappa shape index (κ2) is 3.05. The quantitative estimate of drug-likeness (QED) is 0.586. The fourth-order valence-corrected chi connectivity index (χ4v) is 1.22. The molecule has 0 saturated heterocycles. The number of aliphatic hydroxyl groups excluding tert-OH is 1. The number of nitrogens with zero attached hydrogens (tertiary/aromatic N) is 1. The topological polar surface area (TPSA) is 40.5 Å². The average molecular weight is 155 g/mol. The number of carbonyl (C=O) groups excluding carboxylic acids is 1. The van der Waals surface area contributed by atoms with E-state index in [1.807, 2.05) is 18.7 Å². The standard InChI is InChI=1S/C8H13NO2/c1-3-9-5-4-7(10)8(11)6(9)2/h4-6,8,11H,3H2,1-2H3. The molecule has 3 heteroatoms. The number of hydrogen-bond donors (Lipinski definition) is 1. The van der Waals surface area contributed by atoms with Crippen LogP contribution in [0.3, 0.4) is 0 Å². The SMILES string of the molecule is CCN1C=CC(=O)C(O)C1C. The lowest BCUT2D eigenvalue weighted by atomic mass is 10.0. The molecule has 0 bridgehead atoms. The van der Waals surface area contributed by atoms with Gasteiger partial charge in [-0.3, -0.25) is 4.79 Å². The molecule has 0 aliphatic carbocycles. The van der Waals surface area contributed by atoms with Crippen molar-refractivity contribution < 1.29 is 9.90 Å². The van der Waals surface area contributed by atoms with Crippen molar-refractivity contribution in [2.45, 2.75) is 26.0 Å². The highest BCUT2D eigenvalue weighted by molar-refractivity contribution is 5.94. The smallest absolute Gasteiger partial charge is 0.187 e. The molecule has 62 valence electrons. The normalized spacial score (nSPS) is 31.2. The summed E-state index contributed by atoms with van der Waals surface area (Å²) in [5.74, 6) is -0.192. The van der Waals surface area contributed by atoms with E-state index < -0.39 is 6.10 Å². The highest BCUT2D eigenvalue weighted by Crippen LogP contribution is 2.11. The molecule has 3 nitrogen and oxygen atoms in total. The molecule has 1 heterocycles. The minimum atomic E-state index is -0.847. The first-order valence-corrected chi connectivity index (χ1v) is 3.82. The Balaban J connectivity index is 2.76. The summed E-state index contributed by atoms with van der Waals surface area (Å²) in [6, 6.07) is -0.0856. The van der Waals surface area contributed by atoms with Gasteiger partial charge in [0.2, 0.25) is 0 Å². The minimum absolute atomic E-state index is 0.0856. The third-order valence-electron chi connectivity index (χ3n) is 2.07. The van der Waals surface area contributed by atoms with E-state index in [0.29, 0.717) is 0 Å². The summed E-state index contributed by atoms with van der Waals surface area (Å²) in [5.41, 5.74) is 0. The maximum absolute atomic E-state index is 10.9. The molecule has 0 aromatic rings. The van der Waals surface area contributed by atoms with Crippen LogP contribution in [0.25, 0.3) is 0 Å². The Bertz CT molecular complexity index is 189. The van der Waals surface area contributed by atoms with Gasteiger partial charge in [-0.2, -0.15) is 0 Å². The molecule has 0 aromatic carbocycles. The third kappa shape index (κ3) is 1.43. The molecule has 1 rings (SSSR count). The molecule has 1 aliphatic heterocycles. The molecule has 0 amide bonds. The predicted molar refractivity (Wildman–Crippen MR) is 42.0 cm³/mol. The van der Waals surface area contributed by atoms with Crippen LogP contribution >= 0.6 is 0 Å². The van der Waals surface area contributed by atoms with Gasteiger partial charge >= 0.3 is 0 Å². The Kier molecular flexibility index (Phi) is 2.29. The fourth-order valence-electron chi connectivity index (χ4n) is 1.22. The van der Waals surface area contributed by atoms with Crippen LogP contribution in [0.2, 0.25) is 0 Å². The number of hydrogen-bond acceptors (Lipinski definition) is 3. The summed E-state index contributed by atoms with van der Waals surface area (Å²) in [5, 5.41) is 9.31. The monoisotopic (exact) mass is 155 g/mol. The maximum Gasteiger partial charge on any atom is 0.187 e. The summed E-state index contributed by atoms with van der Waals surface area (Å²) >= 11 is 0. The molecule has 2 atom stereocenters. The van der Waals surface area contributed by atoms with E-state index >= 15 is 0 Å². The summed E-state index contributed by atoms with van der Waals surface area (Å²) in [4.78, 5) is 12.8. The Hall–Kier alpha value is -0.830. The van der Waals surface area contributed by atoms with E-state index in [-0.39, 0.29) is 11.8 Å². The summed E-state index contributed by atoms with van der Waals surface area (Å²) in [6.07, 6.45) is 2.31. The van der Waals surface area contributed by atoms with E-state index in [1.165, 1.54) is 6.08 Å². The average Bonchev–Trinajstić information content (AvgIpc) is 2.01. The van der Waals surface area contributed by atoms with Crippen LogP contribution in [0.15, 0.2) is 12.3 Å². The van der Waals surface area contributed by atoms with Gasteiger partial charge in [0.25, 0.3) is 0 Å². The van der Waals surface area contributed by atoms with Crippen LogP contribution in [0.1, 0.15) is 13.8 Å². The second-order valence-electron chi connectivity index (χ2n) is 2.73. The van der Waals surface area contributed by atoms with E-state index in [1.54, 1.807) is 6.20 Å². The van der Waals surface area contributed by atoms with Crippen LogP contribution < -0.4 is 0 Å². The molecular weight excluding hydrogens is 142 g/mol. The van der Waals surface area contributed by atoms with Crippen LogP contribution in [0, 0.1) is 0 Å². The van der Waals surface area contributed by atoms with E-state index in [4.69, 9.17) is 0 Å². The van der Waals surface area contributed by atoms with Crippen molar-refractivity contribution in [1.82, 2.24) is 4.90 Å². The molecule has 11 heavy (non-hydrogen) atoms. The molecule has 0 radical (unpaired) electrons. The van der Waals surface area contributed by atoms with Gasteiger partial charge in [-0.05, 0) is 19.9 Å². The Morgan fingerprint density at radius 1 is 1.73 bits per heavy atom. The zero-order valence-corrected chi connectivity index (χ0v) is 6.82. The largest absolute Gasteiger partial charge is 0.383 e. The van der Waals surface area contributed by atoms with Crippen molar-refractivity contribution in [3.8, 4) is 0 Å². The van der Waals surface area contributed by atoms with E-state index in [9.17, 15) is 9.90 Å². The molecule has 1 N–H and O–H groups in total. The van der Waals surface area contributed by atoms with Crippen molar-refractivity contribution in [2.75, 3.05) is 6.54 Å². The molecule has 1 aliphatic rings. The Labute approximate surface area is 66.3 Å². The van der Waals surface area contributed by atoms with E-state index in [0.717, 1.165) is 6.54 Å². The molecular formula is C8H13NO2. The second-order valence-corrected chi connectivity index (χ2v) is 2.73. The van der Waals surface area contributed by atoms with Crippen LogP contribution in [-0.4, -0.2) is 34.5 Å². The lowest BCUT2D eigenvalue weighted by Gasteiger charge is -2.32. The van der Waals surface area contributed by atoms with Gasteiger partial charge in [-0.15, -0.1) is 0 Å². The number of aliphatic hydroxyl groups is 1. The Morgan fingerprint density at radius 2 is 2.36 bits per heavy atom. The zero-order valence-electron chi connectivity index (χ0n) is 6.82. The first-order valence-electron chi connectivity index (χ1n) is 3.82. The van der Waals surface area contributed by atoms with Gasteiger partial charge in [0, 0.05) is 12.7 Å². The first-order chi connectivity index (χ1) is 5.16. The highest BCUT2D eigenvalue weighted by atomic mass is 16.3. The molecule has 0 spiro atoms. The van der Waals surface area contributed by atoms with Gasteiger partial charge in [0.05, 0.1) is 6.04 Å². The van der Waals surface area contributed by atoms with Gasteiger partial charge in [-0.25, -0.2) is 0 Å². The molecule has 2 unspecified atom stereocenters. The summed E-state index contributed by atoms with van der Waals surface area (Å²) < 4.78 is 0. The minimum Gasteiger partial charge on any atom is -0.383 e. The van der Waals surface area contributed by atoms with Crippen molar-refractivity contribution in [1.29, 1.82) is 0 Å². The first kappa shape index (κ1) is 8.27. The van der Waals surface area contributed by atoms with Gasteiger partial charge in [-0.1, -0.05) is 0 Å². The van der Waals surface area contributed by atoms with Crippen molar-refractivity contribution in [3.05, 3.63) is 12.3 Å². The lowest BCUT2D eigenvalue weighted by Crippen LogP contribution is -2.45. The van der Waals surface area contributed by atoms with Crippen molar-refractivity contribution in [2.24, 2.45) is 0 Å². The maximum atomic E-state index is 10.9. The summed E-state index contributed by atoms with van der Waals surface area (Å²) in [7, 11) is 0. The third-order valence-corrected chi connectivity index (χ3v) is 2.07. The Morgan fingerprint density at radius 3 is 2.91 bits per heavy atom. The highest BCUT2D eigenvalue weighted by Gasteiger charge is 2.26.